The van der Waals surface area contributed by atoms with Gasteiger partial charge in [-0.1, -0.05) is 58.3 Å². The zero-order valence-corrected chi connectivity index (χ0v) is 30.5. The van der Waals surface area contributed by atoms with Gasteiger partial charge in [0.2, 0.25) is 0 Å². The van der Waals surface area contributed by atoms with Crippen molar-refractivity contribution >= 4 is 28.0 Å². The van der Waals surface area contributed by atoms with Crippen molar-refractivity contribution in [2.45, 2.75) is 71.1 Å². The van der Waals surface area contributed by atoms with E-state index >= 15 is 35.1 Å². The van der Waals surface area contributed by atoms with Gasteiger partial charge in [-0.3, -0.25) is 0 Å². The number of benzene rings is 4. The van der Waals surface area contributed by atoms with Gasteiger partial charge in [0.05, 0.1) is 13.6 Å². The third-order valence-electron chi connectivity index (χ3n) is 9.55. The summed E-state index contributed by atoms with van der Waals surface area (Å²) in [6.45, 7) is 3.60. The third kappa shape index (κ3) is 8.87. The van der Waals surface area contributed by atoms with E-state index in [9.17, 15) is 52.7 Å². The summed E-state index contributed by atoms with van der Waals surface area (Å²) in [7, 11) is 2.16. The Kier molecular flexibility index (Phi) is 16.7. The highest BCUT2D eigenvalue weighted by atomic mass is 19.2. The standard InChI is InChI=1S/C24BF20.C13H29N/c26-5-1(6(27)14(35)21(42)13(5)34)25(2-7(28)15(36)22(43)16(37)8(2)29,3-9(30)17(38)23(44)18(39)10(3)31)4-11(32)19(40)24(45)20(41)12(4)33;1-3-4-5-6-7-8-9-10-11-12-13-14-2/h;14H,3-13H2,1-2H3/q-1;/p+1. The van der Waals surface area contributed by atoms with Crippen molar-refractivity contribution in [1.29, 1.82) is 0 Å². The van der Waals surface area contributed by atoms with E-state index in [-0.39, 0.29) is 0 Å². The van der Waals surface area contributed by atoms with Gasteiger partial charge in [0.25, 0.3) is 0 Å². The molecular weight excluding hydrogens is 849 g/mol. The van der Waals surface area contributed by atoms with Crippen LogP contribution in [0.3, 0.4) is 0 Å². The molecule has 326 valence electrons. The Bertz CT molecular complexity index is 1780. The van der Waals surface area contributed by atoms with Crippen LogP contribution in [0.2, 0.25) is 0 Å². The number of hydrogen-bond acceptors (Lipinski definition) is 0. The highest BCUT2D eigenvalue weighted by Crippen LogP contribution is 2.30. The third-order valence-corrected chi connectivity index (χ3v) is 9.55. The van der Waals surface area contributed by atoms with Crippen LogP contribution < -0.4 is 27.2 Å². The molecule has 0 fully saturated rings. The van der Waals surface area contributed by atoms with E-state index in [0.29, 0.717) is 0 Å². The van der Waals surface area contributed by atoms with E-state index in [1.165, 1.54) is 70.8 Å². The normalized spacial score (nSPS) is 11.7. The largest absolute Gasteiger partial charge is 0.349 e. The van der Waals surface area contributed by atoms with Crippen molar-refractivity contribution in [1.82, 2.24) is 0 Å². The molecule has 0 radical (unpaired) electrons. The van der Waals surface area contributed by atoms with Crippen LogP contribution in [0.15, 0.2) is 0 Å². The van der Waals surface area contributed by atoms with Crippen LogP contribution in [-0.4, -0.2) is 19.7 Å². The zero-order valence-electron chi connectivity index (χ0n) is 30.5. The summed E-state index contributed by atoms with van der Waals surface area (Å²) in [5.41, 5.74) is -14.3. The van der Waals surface area contributed by atoms with Crippen molar-refractivity contribution < 1.29 is 93.1 Å². The molecule has 0 aromatic heterocycles. The fourth-order valence-corrected chi connectivity index (χ4v) is 6.71. The summed E-state index contributed by atoms with van der Waals surface area (Å²) in [5.74, 6) is -71.4. The van der Waals surface area contributed by atoms with Gasteiger partial charge in [-0.05, 0) is 12.8 Å². The summed E-state index contributed by atoms with van der Waals surface area (Å²) in [5, 5.41) is 2.28. The van der Waals surface area contributed by atoms with Crippen molar-refractivity contribution in [3.8, 4) is 0 Å². The molecule has 0 spiro atoms. The van der Waals surface area contributed by atoms with Crippen molar-refractivity contribution in [2.24, 2.45) is 0 Å². The lowest BCUT2D eigenvalue weighted by Gasteiger charge is -2.44. The van der Waals surface area contributed by atoms with Gasteiger partial charge < -0.3 is 5.32 Å². The zero-order chi connectivity index (χ0) is 44.8. The van der Waals surface area contributed by atoms with E-state index in [2.05, 4.69) is 19.3 Å². The number of hydrogen-bond donors (Lipinski definition) is 1. The van der Waals surface area contributed by atoms with Crippen molar-refractivity contribution in [3.63, 3.8) is 0 Å². The second-order valence-corrected chi connectivity index (χ2v) is 13.2. The first-order valence-electron chi connectivity index (χ1n) is 17.6. The fourth-order valence-electron chi connectivity index (χ4n) is 6.71. The molecule has 0 heterocycles. The van der Waals surface area contributed by atoms with Crippen LogP contribution in [0.25, 0.3) is 0 Å². The maximum atomic E-state index is 15.4. The van der Waals surface area contributed by atoms with Crippen LogP contribution in [0.1, 0.15) is 71.1 Å². The van der Waals surface area contributed by atoms with Gasteiger partial charge in [0.15, 0.2) is 69.8 Å². The van der Waals surface area contributed by atoms with Gasteiger partial charge in [0.1, 0.15) is 52.7 Å². The highest BCUT2D eigenvalue weighted by molar-refractivity contribution is 7.20. The predicted molar refractivity (Wildman–Crippen MR) is 174 cm³/mol. The lowest BCUT2D eigenvalue weighted by atomic mass is 9.12. The Morgan fingerprint density at radius 2 is 0.441 bits per heavy atom. The summed E-state index contributed by atoms with van der Waals surface area (Å²) < 4.78 is 294. The van der Waals surface area contributed by atoms with Crippen molar-refractivity contribution in [2.75, 3.05) is 13.6 Å². The monoisotopic (exact) mass is 879 g/mol. The molecule has 0 aliphatic heterocycles. The molecule has 2 N–H and O–H groups in total. The number of unbranched alkanes of at least 4 members (excludes halogenated alkanes) is 9. The topological polar surface area (TPSA) is 16.6 Å². The second-order valence-electron chi connectivity index (χ2n) is 13.2. The summed E-state index contributed by atoms with van der Waals surface area (Å²) >= 11 is 0. The lowest BCUT2D eigenvalue weighted by molar-refractivity contribution is -0.627. The van der Waals surface area contributed by atoms with E-state index in [1.807, 2.05) is 0 Å². The molecule has 0 saturated carbocycles. The molecule has 0 aliphatic carbocycles. The molecule has 4 aromatic carbocycles. The molecular formula is C37H30BF20N. The highest BCUT2D eigenvalue weighted by Gasteiger charge is 2.52. The van der Waals surface area contributed by atoms with Crippen LogP contribution >= 0.6 is 0 Å². The first-order valence-corrected chi connectivity index (χ1v) is 17.6. The van der Waals surface area contributed by atoms with Gasteiger partial charge in [-0.15, -0.1) is 21.9 Å². The Morgan fingerprint density at radius 1 is 0.271 bits per heavy atom. The Balaban J connectivity index is 0.000000567. The SMILES string of the molecule is CCCCCCCCCCCC[NH2+]C.Fc1c(F)c(F)c([B-](c2c(F)c(F)c(F)c(F)c2F)(c2c(F)c(F)c(F)c(F)c2F)c2c(F)c(F)c(F)c(F)c2F)c(F)c1F. The molecule has 0 atom stereocenters. The maximum absolute atomic E-state index is 15.4. The van der Waals surface area contributed by atoms with Gasteiger partial charge in [-0.25, -0.2) is 87.8 Å². The molecule has 0 unspecified atom stereocenters. The lowest BCUT2D eigenvalue weighted by Crippen LogP contribution is -2.81. The molecule has 4 aromatic rings. The summed E-state index contributed by atoms with van der Waals surface area (Å²) in [4.78, 5) is 0. The van der Waals surface area contributed by atoms with Crippen LogP contribution in [-0.2, 0) is 0 Å². The first-order chi connectivity index (χ1) is 27.6. The minimum atomic E-state index is -7.22. The molecule has 4 rings (SSSR count). The van der Waals surface area contributed by atoms with E-state index in [4.69, 9.17) is 0 Å². The predicted octanol–water partition coefficient (Wildman–Crippen LogP) is 8.95. The molecule has 22 heteroatoms. The molecule has 0 bridgehead atoms. The van der Waals surface area contributed by atoms with Crippen LogP contribution in [0.4, 0.5) is 87.8 Å². The Labute approximate surface area is 322 Å². The Morgan fingerprint density at radius 3 is 0.627 bits per heavy atom. The number of nitrogens with two attached hydrogens (primary N) is 1. The number of rotatable bonds is 15. The Hall–Kier alpha value is -4.50. The average Bonchev–Trinajstić information content (AvgIpc) is 3.21. The average molecular weight is 879 g/mol. The molecule has 1 nitrogen and oxygen atoms in total. The van der Waals surface area contributed by atoms with E-state index in [0.717, 1.165) is 0 Å². The van der Waals surface area contributed by atoms with E-state index in [1.54, 1.807) is 0 Å². The first kappa shape index (κ1) is 48.9. The molecule has 59 heavy (non-hydrogen) atoms. The van der Waals surface area contributed by atoms with Gasteiger partial charge in [-0.2, -0.15) is 0 Å². The quantitative estimate of drug-likeness (QED) is 0.0404. The molecule has 0 amide bonds. The maximum Gasteiger partial charge on any atom is 0.200 e. The van der Waals surface area contributed by atoms with E-state index < -0.39 is 144 Å². The van der Waals surface area contributed by atoms with Crippen LogP contribution in [0.5, 0.6) is 0 Å². The smallest absolute Gasteiger partial charge is 0.200 e. The summed E-state index contributed by atoms with van der Waals surface area (Å²) in [6, 6.07) is 0. The summed E-state index contributed by atoms with van der Waals surface area (Å²) in [6.07, 6.45) is 7.24. The number of halogens is 20. The second kappa shape index (κ2) is 20.2. The van der Waals surface area contributed by atoms with Crippen molar-refractivity contribution in [3.05, 3.63) is 116 Å². The fraction of sp³-hybridized carbons (Fsp3) is 0.351. The minimum absolute atomic E-state index is 1.32. The van der Waals surface area contributed by atoms with Gasteiger partial charge >= 0.3 is 0 Å². The van der Waals surface area contributed by atoms with Crippen LogP contribution in [0, 0.1) is 116 Å². The molecule has 0 aliphatic rings. The minimum Gasteiger partial charge on any atom is -0.349 e. The van der Waals surface area contributed by atoms with Gasteiger partial charge in [0, 0.05) is 0 Å². The molecule has 0 saturated heterocycles. The number of quaternary nitrogens is 1.